The number of amides is 1. The zero-order chi connectivity index (χ0) is 19.5. The smallest absolute Gasteiger partial charge is 0.416 e. The van der Waals surface area contributed by atoms with Crippen LogP contribution in [0.15, 0.2) is 33.3 Å². The van der Waals surface area contributed by atoms with Gasteiger partial charge in [0.15, 0.2) is 5.17 Å². The summed E-state index contributed by atoms with van der Waals surface area (Å²) in [5, 5.41) is 8.93. The number of nitrogens with zero attached hydrogens (tertiary/aromatic N) is 2. The summed E-state index contributed by atoms with van der Waals surface area (Å²) >= 11 is 0.711. The standard InChI is InChI=1S/C14H8F5N3O3S/c1-25-11(23)4-10-12(24)21-13(26-10)22-20-5-7-8(15)2-6(3-9(7)16)14(17,18)19/h2-5H,1H3,(H,21,22,24)/b10-4+,20-5?. The number of halogens is 5. The first-order chi connectivity index (χ1) is 12.1. The fraction of sp³-hybridized carbons (Fsp3) is 0.143. The second-order valence-corrected chi connectivity index (χ2v) is 5.62. The number of hydrogen-bond donors (Lipinski definition) is 1. The lowest BCUT2D eigenvalue weighted by atomic mass is 10.1. The Balaban J connectivity index is 2.19. The van der Waals surface area contributed by atoms with E-state index < -0.39 is 40.8 Å². The number of carbonyl (C=O) groups is 2. The highest BCUT2D eigenvalue weighted by atomic mass is 32.2. The second-order valence-electron chi connectivity index (χ2n) is 4.59. The van der Waals surface area contributed by atoms with Crippen LogP contribution in [-0.4, -0.2) is 30.4 Å². The molecular weight excluding hydrogens is 385 g/mol. The molecule has 0 aromatic heterocycles. The zero-order valence-electron chi connectivity index (χ0n) is 12.7. The summed E-state index contributed by atoms with van der Waals surface area (Å²) in [4.78, 5) is 22.6. The fourth-order valence-electron chi connectivity index (χ4n) is 1.65. The van der Waals surface area contributed by atoms with E-state index >= 15 is 0 Å². The van der Waals surface area contributed by atoms with E-state index in [1.54, 1.807) is 0 Å². The number of methoxy groups -OCH3 is 1. The van der Waals surface area contributed by atoms with Gasteiger partial charge in [0, 0.05) is 6.08 Å². The van der Waals surface area contributed by atoms with Crippen molar-refractivity contribution < 1.29 is 36.3 Å². The van der Waals surface area contributed by atoms with Gasteiger partial charge in [0.25, 0.3) is 5.91 Å². The molecule has 0 bridgehead atoms. The van der Waals surface area contributed by atoms with Crippen molar-refractivity contribution in [2.75, 3.05) is 7.11 Å². The quantitative estimate of drug-likeness (QED) is 0.282. The molecule has 1 fully saturated rings. The van der Waals surface area contributed by atoms with Crippen LogP contribution in [0.5, 0.6) is 0 Å². The number of nitrogens with one attached hydrogen (secondary N) is 1. The monoisotopic (exact) mass is 393 g/mol. The minimum absolute atomic E-state index is 0.0438. The van der Waals surface area contributed by atoms with Crippen LogP contribution in [0.2, 0.25) is 0 Å². The SMILES string of the molecule is COC(=O)/C=C1/S/C(=N\N=Cc2c(F)cc(C(F)(F)F)cc2F)NC1=O. The molecular formula is C14H8F5N3O3S. The maximum absolute atomic E-state index is 13.6. The Morgan fingerprint density at radius 2 is 1.88 bits per heavy atom. The lowest BCUT2D eigenvalue weighted by Gasteiger charge is -2.08. The fourth-order valence-corrected chi connectivity index (χ4v) is 2.39. The predicted molar refractivity (Wildman–Crippen MR) is 82.2 cm³/mol. The van der Waals surface area contributed by atoms with E-state index in [2.05, 4.69) is 20.3 Å². The summed E-state index contributed by atoms with van der Waals surface area (Å²) in [6, 6.07) is 0.252. The molecule has 1 saturated heterocycles. The van der Waals surface area contributed by atoms with Crippen molar-refractivity contribution in [1.82, 2.24) is 5.32 Å². The van der Waals surface area contributed by atoms with Gasteiger partial charge in [0.2, 0.25) is 0 Å². The van der Waals surface area contributed by atoms with Gasteiger partial charge in [-0.25, -0.2) is 13.6 Å². The lowest BCUT2D eigenvalue weighted by molar-refractivity contribution is -0.138. The number of ether oxygens (including phenoxy) is 1. The Morgan fingerprint density at radius 3 is 2.42 bits per heavy atom. The molecule has 1 heterocycles. The maximum Gasteiger partial charge on any atom is 0.416 e. The number of benzene rings is 1. The van der Waals surface area contributed by atoms with Crippen LogP contribution in [0.1, 0.15) is 11.1 Å². The Hall–Kier alpha value is -2.76. The zero-order valence-corrected chi connectivity index (χ0v) is 13.5. The Bertz CT molecular complexity index is 826. The Kier molecular flexibility index (Phi) is 5.75. The molecule has 6 nitrogen and oxygen atoms in total. The van der Waals surface area contributed by atoms with Gasteiger partial charge in [-0.1, -0.05) is 0 Å². The van der Waals surface area contributed by atoms with Gasteiger partial charge in [0.1, 0.15) is 11.6 Å². The molecule has 0 atom stereocenters. The normalized spacial score (nSPS) is 18.0. The summed E-state index contributed by atoms with van der Waals surface area (Å²) < 4.78 is 69.0. The molecule has 0 radical (unpaired) electrons. The summed E-state index contributed by atoms with van der Waals surface area (Å²) in [5.41, 5.74) is -2.31. The number of rotatable bonds is 3. The van der Waals surface area contributed by atoms with Crippen LogP contribution in [0.25, 0.3) is 0 Å². The third-order valence-corrected chi connectivity index (χ3v) is 3.74. The number of alkyl halides is 3. The average Bonchev–Trinajstić information content (AvgIpc) is 2.88. The molecule has 1 N–H and O–H groups in total. The van der Waals surface area contributed by atoms with Crippen LogP contribution in [0.3, 0.4) is 0 Å². The lowest BCUT2D eigenvalue weighted by Crippen LogP contribution is -2.19. The third kappa shape index (κ3) is 4.65. The van der Waals surface area contributed by atoms with Crippen LogP contribution >= 0.6 is 11.8 Å². The molecule has 1 aliphatic heterocycles. The molecule has 0 aliphatic carbocycles. The van der Waals surface area contributed by atoms with E-state index in [4.69, 9.17) is 0 Å². The van der Waals surface area contributed by atoms with Crippen molar-refractivity contribution >= 4 is 35.0 Å². The van der Waals surface area contributed by atoms with Crippen LogP contribution in [0, 0.1) is 11.6 Å². The Morgan fingerprint density at radius 1 is 1.27 bits per heavy atom. The van der Waals surface area contributed by atoms with E-state index in [-0.39, 0.29) is 22.2 Å². The highest BCUT2D eigenvalue weighted by Gasteiger charge is 2.32. The highest BCUT2D eigenvalue weighted by molar-refractivity contribution is 8.18. The summed E-state index contributed by atoms with van der Waals surface area (Å²) in [5.74, 6) is -4.39. The molecule has 2 rings (SSSR count). The van der Waals surface area contributed by atoms with Gasteiger partial charge in [-0.2, -0.15) is 18.3 Å². The van der Waals surface area contributed by atoms with Crippen LogP contribution < -0.4 is 5.32 Å². The topological polar surface area (TPSA) is 80.1 Å². The predicted octanol–water partition coefficient (Wildman–Crippen LogP) is 2.59. The molecule has 26 heavy (non-hydrogen) atoms. The van der Waals surface area contributed by atoms with E-state index in [0.29, 0.717) is 18.0 Å². The summed E-state index contributed by atoms with van der Waals surface area (Å²) in [6.07, 6.45) is -3.43. The summed E-state index contributed by atoms with van der Waals surface area (Å²) in [7, 11) is 1.11. The number of amidine groups is 1. The van der Waals surface area contributed by atoms with Crippen LogP contribution in [-0.2, 0) is 20.5 Å². The van der Waals surface area contributed by atoms with Gasteiger partial charge >= 0.3 is 12.1 Å². The molecule has 0 unspecified atom stereocenters. The van der Waals surface area contributed by atoms with Crippen molar-refractivity contribution in [3.05, 3.63) is 45.9 Å². The van der Waals surface area contributed by atoms with E-state index in [9.17, 15) is 31.5 Å². The average molecular weight is 393 g/mol. The molecule has 0 spiro atoms. The molecule has 1 aliphatic rings. The number of hydrogen-bond acceptors (Lipinski definition) is 6. The van der Waals surface area contributed by atoms with Gasteiger partial charge in [-0.05, 0) is 23.9 Å². The van der Waals surface area contributed by atoms with Crippen LogP contribution in [0.4, 0.5) is 22.0 Å². The first kappa shape index (κ1) is 19.6. The maximum atomic E-state index is 13.6. The van der Waals surface area contributed by atoms with Crippen molar-refractivity contribution in [2.24, 2.45) is 10.2 Å². The van der Waals surface area contributed by atoms with Crippen molar-refractivity contribution in [2.45, 2.75) is 6.18 Å². The molecule has 138 valence electrons. The molecule has 12 heteroatoms. The third-order valence-electron chi connectivity index (χ3n) is 2.84. The first-order valence-electron chi connectivity index (χ1n) is 6.58. The number of thioether (sulfide) groups is 1. The Labute approximate surface area is 146 Å². The molecule has 1 aromatic rings. The van der Waals surface area contributed by atoms with Gasteiger partial charge in [0.05, 0.1) is 29.4 Å². The van der Waals surface area contributed by atoms with Gasteiger partial charge < -0.3 is 4.74 Å². The van der Waals surface area contributed by atoms with E-state index in [0.717, 1.165) is 13.2 Å². The van der Waals surface area contributed by atoms with Crippen molar-refractivity contribution in [1.29, 1.82) is 0 Å². The van der Waals surface area contributed by atoms with Crippen molar-refractivity contribution in [3.8, 4) is 0 Å². The first-order valence-corrected chi connectivity index (χ1v) is 7.39. The van der Waals surface area contributed by atoms with Crippen molar-refractivity contribution in [3.63, 3.8) is 0 Å². The van der Waals surface area contributed by atoms with E-state index in [1.165, 1.54) is 0 Å². The highest BCUT2D eigenvalue weighted by Crippen LogP contribution is 2.31. The minimum Gasteiger partial charge on any atom is -0.466 e. The largest absolute Gasteiger partial charge is 0.466 e. The molecule has 1 aromatic carbocycles. The van der Waals surface area contributed by atoms with E-state index in [1.807, 2.05) is 0 Å². The number of esters is 1. The van der Waals surface area contributed by atoms with Gasteiger partial charge in [-0.3, -0.25) is 10.1 Å². The second kappa shape index (κ2) is 7.64. The summed E-state index contributed by atoms with van der Waals surface area (Å²) in [6.45, 7) is 0. The molecule has 0 saturated carbocycles. The molecule has 1 amide bonds. The minimum atomic E-state index is -4.90. The van der Waals surface area contributed by atoms with Gasteiger partial charge in [-0.15, -0.1) is 5.10 Å². The number of carbonyl (C=O) groups excluding carboxylic acids is 2.